The van der Waals surface area contributed by atoms with E-state index in [9.17, 15) is 9.18 Å². The minimum Gasteiger partial charge on any atom is -0.478 e. The number of carboxylic acid groups (broad SMARTS) is 1. The molecule has 0 bridgehead atoms. The number of carbonyl (C=O) groups is 1. The summed E-state index contributed by atoms with van der Waals surface area (Å²) >= 11 is 0. The first-order valence-electron chi connectivity index (χ1n) is 5.69. The summed E-state index contributed by atoms with van der Waals surface area (Å²) in [7, 11) is 0. The van der Waals surface area contributed by atoms with Crippen molar-refractivity contribution in [2.75, 3.05) is 6.61 Å². The quantitative estimate of drug-likeness (QED) is 0.876. The van der Waals surface area contributed by atoms with Crippen molar-refractivity contribution in [3.63, 3.8) is 0 Å². The molecule has 1 fully saturated rings. The Morgan fingerprint density at radius 2 is 2.24 bits per heavy atom. The van der Waals surface area contributed by atoms with E-state index in [2.05, 4.69) is 4.98 Å². The minimum absolute atomic E-state index is 0.211. The topological polar surface area (TPSA) is 59.4 Å². The third-order valence-corrected chi connectivity index (χ3v) is 3.02. The van der Waals surface area contributed by atoms with Crippen molar-refractivity contribution < 1.29 is 19.0 Å². The highest BCUT2D eigenvalue weighted by molar-refractivity contribution is 5.88. The highest BCUT2D eigenvalue weighted by Gasteiger charge is 2.19. The molecule has 0 aliphatic heterocycles. The van der Waals surface area contributed by atoms with Gasteiger partial charge in [0, 0.05) is 6.20 Å². The van der Waals surface area contributed by atoms with Crippen molar-refractivity contribution in [3.05, 3.63) is 23.6 Å². The summed E-state index contributed by atoms with van der Waals surface area (Å²) in [5.41, 5.74) is -0.401. The molecule has 2 rings (SSSR count). The van der Waals surface area contributed by atoms with Crippen LogP contribution in [0, 0.1) is 11.7 Å². The molecule has 1 heterocycles. The standard InChI is InChI=1S/C12H14FNO3/c13-10-9(12(15)16)5-6-14-11(10)17-7-8-3-1-2-4-8/h5-6,8H,1-4,7H2,(H,15,16). The summed E-state index contributed by atoms with van der Waals surface area (Å²) in [5.74, 6) is -1.98. The van der Waals surface area contributed by atoms with E-state index in [0.717, 1.165) is 18.9 Å². The molecule has 0 aromatic carbocycles. The van der Waals surface area contributed by atoms with Crippen molar-refractivity contribution in [1.29, 1.82) is 0 Å². The highest BCUT2D eigenvalue weighted by atomic mass is 19.1. The molecule has 0 atom stereocenters. The normalized spacial score (nSPS) is 16.1. The Morgan fingerprint density at radius 3 is 2.88 bits per heavy atom. The average Bonchev–Trinajstić information content (AvgIpc) is 2.80. The summed E-state index contributed by atoms with van der Waals surface area (Å²) in [6.07, 6.45) is 5.77. The smallest absolute Gasteiger partial charge is 0.338 e. The van der Waals surface area contributed by atoms with Gasteiger partial charge in [0.1, 0.15) is 5.56 Å². The second kappa shape index (κ2) is 5.12. The number of aromatic carboxylic acids is 1. The third kappa shape index (κ3) is 2.72. The van der Waals surface area contributed by atoms with Crippen LogP contribution in [0.2, 0.25) is 0 Å². The molecule has 0 radical (unpaired) electrons. The van der Waals surface area contributed by atoms with E-state index in [1.807, 2.05) is 0 Å². The number of aromatic nitrogens is 1. The van der Waals surface area contributed by atoms with Crippen molar-refractivity contribution >= 4 is 5.97 Å². The lowest BCUT2D eigenvalue weighted by atomic mass is 10.1. The van der Waals surface area contributed by atoms with E-state index in [1.54, 1.807) is 0 Å². The summed E-state index contributed by atoms with van der Waals surface area (Å²) in [5, 5.41) is 8.75. The largest absolute Gasteiger partial charge is 0.478 e. The van der Waals surface area contributed by atoms with Crippen LogP contribution in [0.5, 0.6) is 5.88 Å². The van der Waals surface area contributed by atoms with Gasteiger partial charge in [0.15, 0.2) is 5.82 Å². The van der Waals surface area contributed by atoms with E-state index in [1.165, 1.54) is 19.0 Å². The van der Waals surface area contributed by atoms with E-state index in [0.29, 0.717) is 12.5 Å². The summed E-state index contributed by atoms with van der Waals surface area (Å²) in [6, 6.07) is 1.13. The fraction of sp³-hybridized carbons (Fsp3) is 0.500. The van der Waals surface area contributed by atoms with Gasteiger partial charge in [0.2, 0.25) is 0 Å². The zero-order valence-corrected chi connectivity index (χ0v) is 9.36. The number of hydrogen-bond donors (Lipinski definition) is 1. The van der Waals surface area contributed by atoms with Crippen LogP contribution in [0.3, 0.4) is 0 Å². The maximum absolute atomic E-state index is 13.6. The molecule has 1 aliphatic carbocycles. The van der Waals surface area contributed by atoms with Gasteiger partial charge in [-0.1, -0.05) is 12.8 Å². The summed E-state index contributed by atoms with van der Waals surface area (Å²) < 4.78 is 18.9. The number of nitrogens with zero attached hydrogens (tertiary/aromatic N) is 1. The van der Waals surface area contributed by atoms with Crippen LogP contribution in [0.1, 0.15) is 36.0 Å². The SMILES string of the molecule is O=C(O)c1ccnc(OCC2CCCC2)c1F. The van der Waals surface area contributed by atoms with Crippen molar-refractivity contribution in [2.45, 2.75) is 25.7 Å². The zero-order chi connectivity index (χ0) is 12.3. The van der Waals surface area contributed by atoms with Crippen molar-refractivity contribution in [2.24, 2.45) is 5.92 Å². The van der Waals surface area contributed by atoms with Crippen LogP contribution in [-0.2, 0) is 0 Å². The Morgan fingerprint density at radius 1 is 1.53 bits per heavy atom. The van der Waals surface area contributed by atoms with Gasteiger partial charge in [-0.25, -0.2) is 14.2 Å². The third-order valence-electron chi connectivity index (χ3n) is 3.02. The van der Waals surface area contributed by atoms with Crippen molar-refractivity contribution in [1.82, 2.24) is 4.98 Å². The predicted octanol–water partition coefficient (Wildman–Crippen LogP) is 2.49. The van der Waals surface area contributed by atoms with Gasteiger partial charge in [-0.15, -0.1) is 0 Å². The number of carboxylic acids is 1. The maximum Gasteiger partial charge on any atom is 0.338 e. The van der Waals surface area contributed by atoms with Gasteiger partial charge in [-0.2, -0.15) is 0 Å². The average molecular weight is 239 g/mol. The molecule has 0 amide bonds. The predicted molar refractivity (Wildman–Crippen MR) is 58.6 cm³/mol. The Labute approximate surface area is 98.4 Å². The molecule has 1 N–H and O–H groups in total. The number of ether oxygens (including phenoxy) is 1. The molecule has 0 saturated heterocycles. The van der Waals surface area contributed by atoms with Gasteiger partial charge >= 0.3 is 5.97 Å². The molecule has 0 unspecified atom stereocenters. The van der Waals surface area contributed by atoms with Crippen LogP contribution in [-0.4, -0.2) is 22.7 Å². The lowest BCUT2D eigenvalue weighted by Crippen LogP contribution is -2.11. The molecule has 92 valence electrons. The molecular formula is C12H14FNO3. The Hall–Kier alpha value is -1.65. The molecule has 4 nitrogen and oxygen atoms in total. The molecule has 1 aliphatic rings. The first-order valence-corrected chi connectivity index (χ1v) is 5.69. The van der Waals surface area contributed by atoms with Gasteiger partial charge < -0.3 is 9.84 Å². The lowest BCUT2D eigenvalue weighted by molar-refractivity contribution is 0.0690. The van der Waals surface area contributed by atoms with Crippen LogP contribution >= 0.6 is 0 Å². The summed E-state index contributed by atoms with van der Waals surface area (Å²) in [4.78, 5) is 14.4. The van der Waals surface area contributed by atoms with Crippen molar-refractivity contribution in [3.8, 4) is 5.88 Å². The van der Waals surface area contributed by atoms with E-state index >= 15 is 0 Å². The molecule has 5 heteroatoms. The number of rotatable bonds is 4. The number of halogens is 1. The second-order valence-corrected chi connectivity index (χ2v) is 4.24. The first-order chi connectivity index (χ1) is 8.18. The summed E-state index contributed by atoms with van der Waals surface area (Å²) in [6.45, 7) is 0.410. The fourth-order valence-corrected chi connectivity index (χ4v) is 2.06. The van der Waals surface area contributed by atoms with Crippen LogP contribution in [0.4, 0.5) is 4.39 Å². The zero-order valence-electron chi connectivity index (χ0n) is 9.36. The van der Waals surface area contributed by atoms with E-state index in [-0.39, 0.29) is 5.88 Å². The van der Waals surface area contributed by atoms with Gasteiger partial charge in [-0.3, -0.25) is 0 Å². The van der Waals surface area contributed by atoms with Crippen LogP contribution < -0.4 is 4.74 Å². The van der Waals surface area contributed by atoms with Gasteiger partial charge in [0.05, 0.1) is 6.61 Å². The second-order valence-electron chi connectivity index (χ2n) is 4.24. The van der Waals surface area contributed by atoms with Gasteiger partial charge in [-0.05, 0) is 24.8 Å². The Kier molecular flexibility index (Phi) is 3.56. The molecule has 1 saturated carbocycles. The minimum atomic E-state index is -1.31. The fourth-order valence-electron chi connectivity index (χ4n) is 2.06. The Bertz CT molecular complexity index is 416. The number of pyridine rings is 1. The first kappa shape index (κ1) is 11.8. The van der Waals surface area contributed by atoms with Gasteiger partial charge in [0.25, 0.3) is 5.88 Å². The molecule has 0 spiro atoms. The maximum atomic E-state index is 13.6. The van der Waals surface area contributed by atoms with E-state index < -0.39 is 17.3 Å². The van der Waals surface area contributed by atoms with E-state index in [4.69, 9.17) is 9.84 Å². The van der Waals surface area contributed by atoms with Crippen LogP contribution in [0.25, 0.3) is 0 Å². The molecule has 1 aromatic heterocycles. The molecular weight excluding hydrogens is 225 g/mol. The lowest BCUT2D eigenvalue weighted by Gasteiger charge is -2.11. The molecule has 17 heavy (non-hydrogen) atoms. The van der Waals surface area contributed by atoms with Crippen LogP contribution in [0.15, 0.2) is 12.3 Å². The Balaban J connectivity index is 2.04. The number of hydrogen-bond acceptors (Lipinski definition) is 3. The molecule has 1 aromatic rings. The highest BCUT2D eigenvalue weighted by Crippen LogP contribution is 2.26. The monoisotopic (exact) mass is 239 g/mol.